The van der Waals surface area contributed by atoms with Crippen LogP contribution in [0.25, 0.3) is 0 Å². The number of rotatable bonds is 2. The van der Waals surface area contributed by atoms with Gasteiger partial charge in [0.1, 0.15) is 0 Å². The van der Waals surface area contributed by atoms with Gasteiger partial charge in [-0.3, -0.25) is 4.90 Å². The molecule has 1 N–H and O–H groups in total. The molecular weight excluding hydrogens is 324 g/mol. The number of likely N-dealkylation sites (tertiary alicyclic amines) is 1. The number of nitrogens with zero attached hydrogens (tertiary/aromatic N) is 1. The molecular formula is C15H20BrClN2. The molecule has 0 radical (unpaired) electrons. The molecule has 0 aromatic heterocycles. The molecule has 0 amide bonds. The van der Waals surface area contributed by atoms with E-state index in [1.54, 1.807) is 0 Å². The zero-order valence-corrected chi connectivity index (χ0v) is 13.4. The molecule has 2 heterocycles. The highest BCUT2D eigenvalue weighted by molar-refractivity contribution is 9.10. The highest BCUT2D eigenvalue weighted by atomic mass is 79.9. The Morgan fingerprint density at radius 3 is 2.74 bits per heavy atom. The van der Waals surface area contributed by atoms with Gasteiger partial charge in [0.15, 0.2) is 0 Å². The van der Waals surface area contributed by atoms with Crippen LogP contribution in [-0.2, 0) is 6.54 Å². The molecule has 0 bridgehead atoms. The molecule has 104 valence electrons. The number of nitrogens with one attached hydrogen (secondary N) is 1. The normalized spacial score (nSPS) is 23.1. The predicted octanol–water partition coefficient (Wildman–Crippen LogP) is 3.82. The van der Waals surface area contributed by atoms with Crippen molar-refractivity contribution in [2.45, 2.75) is 37.8 Å². The highest BCUT2D eigenvalue weighted by Crippen LogP contribution is 2.38. The van der Waals surface area contributed by atoms with Gasteiger partial charge in [-0.25, -0.2) is 0 Å². The van der Waals surface area contributed by atoms with E-state index < -0.39 is 0 Å². The summed E-state index contributed by atoms with van der Waals surface area (Å²) in [5.74, 6) is 0. The van der Waals surface area contributed by atoms with Crippen molar-refractivity contribution >= 4 is 27.5 Å². The summed E-state index contributed by atoms with van der Waals surface area (Å²) in [6, 6.07) is 6.24. The maximum absolute atomic E-state index is 6.15. The maximum atomic E-state index is 6.15. The second-order valence-electron chi connectivity index (χ2n) is 5.78. The third-order valence-corrected chi connectivity index (χ3v) is 5.25. The number of hydrogen-bond donors (Lipinski definition) is 1. The lowest BCUT2D eigenvalue weighted by molar-refractivity contribution is 0.0928. The Labute approximate surface area is 128 Å². The Kier molecular flexibility index (Phi) is 4.18. The fraction of sp³-hybridized carbons (Fsp3) is 0.600. The van der Waals surface area contributed by atoms with Crippen LogP contribution in [0.4, 0.5) is 0 Å². The standard InChI is InChI=1S/C15H20BrClN2/c16-13-8-12(9-14(17)10-13)11-19-7-1-2-15(19)3-5-18-6-4-15/h8-10,18H,1-7,11H2. The molecule has 2 aliphatic heterocycles. The lowest BCUT2D eigenvalue weighted by Crippen LogP contribution is -2.50. The topological polar surface area (TPSA) is 15.3 Å². The van der Waals surface area contributed by atoms with Gasteiger partial charge in [0.2, 0.25) is 0 Å². The minimum Gasteiger partial charge on any atom is -0.317 e. The zero-order valence-electron chi connectivity index (χ0n) is 11.1. The molecule has 0 unspecified atom stereocenters. The fourth-order valence-electron chi connectivity index (χ4n) is 3.62. The Bertz CT molecular complexity index is 437. The van der Waals surface area contributed by atoms with E-state index in [0.717, 1.165) is 29.1 Å². The summed E-state index contributed by atoms with van der Waals surface area (Å²) in [7, 11) is 0. The van der Waals surface area contributed by atoms with Gasteiger partial charge >= 0.3 is 0 Å². The molecule has 2 aliphatic rings. The van der Waals surface area contributed by atoms with Crippen LogP contribution < -0.4 is 5.32 Å². The molecule has 0 saturated carbocycles. The second-order valence-corrected chi connectivity index (χ2v) is 7.13. The van der Waals surface area contributed by atoms with Gasteiger partial charge in [0, 0.05) is 21.6 Å². The zero-order chi connectivity index (χ0) is 13.3. The van der Waals surface area contributed by atoms with Gasteiger partial charge in [-0.15, -0.1) is 0 Å². The van der Waals surface area contributed by atoms with Crippen molar-refractivity contribution < 1.29 is 0 Å². The van der Waals surface area contributed by atoms with Crippen molar-refractivity contribution in [1.29, 1.82) is 0 Å². The summed E-state index contributed by atoms with van der Waals surface area (Å²) in [5.41, 5.74) is 1.76. The molecule has 1 aromatic carbocycles. The summed E-state index contributed by atoms with van der Waals surface area (Å²) in [4.78, 5) is 2.69. The van der Waals surface area contributed by atoms with E-state index in [2.05, 4.69) is 38.3 Å². The lowest BCUT2D eigenvalue weighted by Gasteiger charge is -2.42. The van der Waals surface area contributed by atoms with Crippen molar-refractivity contribution in [2.75, 3.05) is 19.6 Å². The van der Waals surface area contributed by atoms with Gasteiger partial charge in [-0.05, 0) is 69.1 Å². The van der Waals surface area contributed by atoms with Crippen molar-refractivity contribution in [3.8, 4) is 0 Å². The Morgan fingerprint density at radius 2 is 2.00 bits per heavy atom. The maximum Gasteiger partial charge on any atom is 0.0420 e. The monoisotopic (exact) mass is 342 g/mol. The summed E-state index contributed by atoms with van der Waals surface area (Å²) >= 11 is 9.69. The number of piperidine rings is 1. The van der Waals surface area contributed by atoms with E-state index in [4.69, 9.17) is 11.6 Å². The second kappa shape index (κ2) is 5.72. The Morgan fingerprint density at radius 1 is 1.21 bits per heavy atom. The molecule has 2 nitrogen and oxygen atoms in total. The average molecular weight is 344 g/mol. The molecule has 3 rings (SSSR count). The minimum absolute atomic E-state index is 0.444. The predicted molar refractivity (Wildman–Crippen MR) is 83.6 cm³/mol. The summed E-state index contributed by atoms with van der Waals surface area (Å²) in [6.07, 6.45) is 5.27. The molecule has 2 saturated heterocycles. The molecule has 1 aromatic rings. The van der Waals surface area contributed by atoms with Crippen LogP contribution in [-0.4, -0.2) is 30.1 Å². The summed E-state index contributed by atoms with van der Waals surface area (Å²) < 4.78 is 1.08. The van der Waals surface area contributed by atoms with E-state index in [-0.39, 0.29) is 0 Å². The largest absolute Gasteiger partial charge is 0.317 e. The van der Waals surface area contributed by atoms with E-state index in [0.29, 0.717) is 5.54 Å². The van der Waals surface area contributed by atoms with E-state index in [1.165, 1.54) is 37.8 Å². The van der Waals surface area contributed by atoms with Crippen LogP contribution >= 0.6 is 27.5 Å². The van der Waals surface area contributed by atoms with Crippen LogP contribution in [0.2, 0.25) is 5.02 Å². The average Bonchev–Trinajstić information content (AvgIpc) is 2.72. The van der Waals surface area contributed by atoms with Gasteiger partial charge in [0.05, 0.1) is 0 Å². The van der Waals surface area contributed by atoms with Crippen LogP contribution in [0.5, 0.6) is 0 Å². The fourth-order valence-corrected chi connectivity index (χ4v) is 4.55. The first kappa shape index (κ1) is 13.9. The molecule has 2 fully saturated rings. The van der Waals surface area contributed by atoms with Crippen molar-refractivity contribution in [3.63, 3.8) is 0 Å². The first-order valence-corrected chi connectivity index (χ1v) is 8.26. The molecule has 0 aliphatic carbocycles. The van der Waals surface area contributed by atoms with Gasteiger partial charge in [-0.2, -0.15) is 0 Å². The third kappa shape index (κ3) is 2.99. The lowest BCUT2D eigenvalue weighted by atomic mass is 9.85. The summed E-state index contributed by atoms with van der Waals surface area (Å²) in [6.45, 7) is 4.58. The molecule has 1 spiro atoms. The highest BCUT2D eigenvalue weighted by Gasteiger charge is 2.41. The third-order valence-electron chi connectivity index (χ3n) is 4.57. The van der Waals surface area contributed by atoms with Gasteiger partial charge < -0.3 is 5.32 Å². The first-order valence-electron chi connectivity index (χ1n) is 7.09. The smallest absolute Gasteiger partial charge is 0.0420 e. The van der Waals surface area contributed by atoms with Gasteiger partial charge in [0.25, 0.3) is 0 Å². The Balaban J connectivity index is 1.77. The molecule has 4 heteroatoms. The van der Waals surface area contributed by atoms with Crippen LogP contribution in [0.3, 0.4) is 0 Å². The first-order chi connectivity index (χ1) is 9.18. The Hall–Kier alpha value is -0.0900. The van der Waals surface area contributed by atoms with Crippen LogP contribution in [0.1, 0.15) is 31.2 Å². The van der Waals surface area contributed by atoms with E-state index in [1.807, 2.05) is 6.07 Å². The van der Waals surface area contributed by atoms with Crippen molar-refractivity contribution in [3.05, 3.63) is 33.3 Å². The minimum atomic E-state index is 0.444. The van der Waals surface area contributed by atoms with E-state index in [9.17, 15) is 0 Å². The summed E-state index contributed by atoms with van der Waals surface area (Å²) in [5, 5.41) is 4.31. The molecule has 0 atom stereocenters. The van der Waals surface area contributed by atoms with E-state index >= 15 is 0 Å². The number of hydrogen-bond acceptors (Lipinski definition) is 2. The quantitative estimate of drug-likeness (QED) is 0.878. The van der Waals surface area contributed by atoms with Crippen molar-refractivity contribution in [2.24, 2.45) is 0 Å². The van der Waals surface area contributed by atoms with Crippen molar-refractivity contribution in [1.82, 2.24) is 10.2 Å². The van der Waals surface area contributed by atoms with Crippen LogP contribution in [0.15, 0.2) is 22.7 Å². The SMILES string of the molecule is Clc1cc(Br)cc(CN2CCCC23CCNCC3)c1. The molecule has 19 heavy (non-hydrogen) atoms. The van der Waals surface area contributed by atoms with Crippen LogP contribution in [0, 0.1) is 0 Å². The number of benzene rings is 1. The van der Waals surface area contributed by atoms with Gasteiger partial charge in [-0.1, -0.05) is 27.5 Å². The number of halogens is 2.